The highest BCUT2D eigenvalue weighted by molar-refractivity contribution is 5.63. The van der Waals surface area contributed by atoms with Gasteiger partial charge < -0.3 is 9.67 Å². The molecule has 0 saturated heterocycles. The third-order valence-corrected chi connectivity index (χ3v) is 3.76. The number of hydrogen-bond donors (Lipinski definition) is 1. The van der Waals surface area contributed by atoms with Gasteiger partial charge in [-0.1, -0.05) is 36.4 Å². The summed E-state index contributed by atoms with van der Waals surface area (Å²) in [5.74, 6) is -0.233. The lowest BCUT2D eigenvalue weighted by molar-refractivity contribution is 0.268. The second kappa shape index (κ2) is 6.54. The Bertz CT molecular complexity index is 706. The van der Waals surface area contributed by atoms with Gasteiger partial charge in [-0.3, -0.25) is 0 Å². The first-order valence-electron chi connectivity index (χ1n) is 7.22. The van der Waals surface area contributed by atoms with Crippen molar-refractivity contribution in [2.24, 2.45) is 0 Å². The fourth-order valence-corrected chi connectivity index (χ4v) is 2.60. The number of rotatable bonds is 5. The molecule has 1 heterocycles. The Hall–Kier alpha value is -2.46. The number of nitrogens with zero attached hydrogens (tertiary/aromatic N) is 2. The number of aliphatic hydroxyl groups is 1. The molecule has 0 fully saturated rings. The van der Waals surface area contributed by atoms with Crippen molar-refractivity contribution in [3.8, 4) is 11.1 Å². The molecule has 0 radical (unpaired) electrons. The van der Waals surface area contributed by atoms with Crippen LogP contribution in [0, 0.1) is 5.82 Å². The summed E-state index contributed by atoms with van der Waals surface area (Å²) in [6, 6.07) is 14.6. The van der Waals surface area contributed by atoms with E-state index in [1.807, 2.05) is 35.0 Å². The lowest BCUT2D eigenvalue weighted by Gasteiger charge is -2.18. The van der Waals surface area contributed by atoms with E-state index in [2.05, 4.69) is 4.98 Å². The Kier molecular flexibility index (Phi) is 4.30. The molecule has 3 rings (SSSR count). The normalized spacial score (nSPS) is 12.3. The van der Waals surface area contributed by atoms with Crippen molar-refractivity contribution in [3.05, 3.63) is 78.6 Å². The first-order valence-corrected chi connectivity index (χ1v) is 7.22. The van der Waals surface area contributed by atoms with Gasteiger partial charge in [-0.2, -0.15) is 0 Å². The number of halogens is 1. The van der Waals surface area contributed by atoms with Crippen LogP contribution in [0.3, 0.4) is 0 Å². The molecule has 0 amide bonds. The van der Waals surface area contributed by atoms with Gasteiger partial charge in [0.25, 0.3) is 0 Å². The standard InChI is InChI=1S/C18H17FN2O/c19-17-7-5-15(6-8-17)14-1-3-16(4-2-14)18(9-12-22)21-11-10-20-13-21/h1-8,10-11,13,18,22H,9,12H2. The lowest BCUT2D eigenvalue weighted by Crippen LogP contribution is -2.10. The molecule has 112 valence electrons. The molecule has 0 aliphatic rings. The van der Waals surface area contributed by atoms with Gasteiger partial charge in [0.1, 0.15) is 5.82 Å². The predicted molar refractivity (Wildman–Crippen MR) is 83.9 cm³/mol. The van der Waals surface area contributed by atoms with Crippen molar-refractivity contribution in [2.45, 2.75) is 12.5 Å². The number of aliphatic hydroxyl groups excluding tert-OH is 1. The highest BCUT2D eigenvalue weighted by Gasteiger charge is 2.12. The zero-order chi connectivity index (χ0) is 15.4. The van der Waals surface area contributed by atoms with E-state index in [1.165, 1.54) is 12.1 Å². The molecule has 0 spiro atoms. The maximum Gasteiger partial charge on any atom is 0.123 e. The fourth-order valence-electron chi connectivity index (χ4n) is 2.60. The van der Waals surface area contributed by atoms with Crippen molar-refractivity contribution in [1.29, 1.82) is 0 Å². The van der Waals surface area contributed by atoms with E-state index in [1.54, 1.807) is 24.7 Å². The Morgan fingerprint density at radius 3 is 2.18 bits per heavy atom. The van der Waals surface area contributed by atoms with Crippen molar-refractivity contribution >= 4 is 0 Å². The quantitative estimate of drug-likeness (QED) is 0.780. The molecular formula is C18H17FN2O. The number of benzene rings is 2. The summed E-state index contributed by atoms with van der Waals surface area (Å²) in [5.41, 5.74) is 3.13. The Morgan fingerprint density at radius 1 is 1.00 bits per heavy atom. The minimum atomic E-state index is -0.233. The molecule has 0 aliphatic heterocycles. The molecule has 3 aromatic rings. The summed E-state index contributed by atoms with van der Waals surface area (Å²) in [5, 5.41) is 9.29. The minimum Gasteiger partial charge on any atom is -0.396 e. The van der Waals surface area contributed by atoms with Crippen LogP contribution in [0.1, 0.15) is 18.0 Å². The summed E-state index contributed by atoms with van der Waals surface area (Å²) in [6.45, 7) is 0.114. The van der Waals surface area contributed by atoms with Gasteiger partial charge in [0.2, 0.25) is 0 Å². The maximum atomic E-state index is 13.0. The van der Waals surface area contributed by atoms with E-state index in [-0.39, 0.29) is 18.5 Å². The van der Waals surface area contributed by atoms with Crippen LogP contribution in [0.4, 0.5) is 4.39 Å². The Labute approximate surface area is 128 Å². The van der Waals surface area contributed by atoms with Gasteiger partial charge in [0.05, 0.1) is 12.4 Å². The number of hydrogen-bond acceptors (Lipinski definition) is 2. The van der Waals surface area contributed by atoms with Crippen LogP contribution in [0.25, 0.3) is 11.1 Å². The summed E-state index contributed by atoms with van der Waals surface area (Å²) in [6.07, 6.45) is 6.02. The summed E-state index contributed by atoms with van der Waals surface area (Å²) >= 11 is 0. The first kappa shape index (κ1) is 14.5. The molecule has 1 aromatic heterocycles. The van der Waals surface area contributed by atoms with Gasteiger partial charge in [-0.05, 0) is 35.2 Å². The highest BCUT2D eigenvalue weighted by atomic mass is 19.1. The number of imidazole rings is 1. The molecule has 1 N–H and O–H groups in total. The molecule has 3 nitrogen and oxygen atoms in total. The van der Waals surface area contributed by atoms with E-state index in [0.29, 0.717) is 6.42 Å². The van der Waals surface area contributed by atoms with Crippen molar-refractivity contribution in [3.63, 3.8) is 0 Å². The van der Waals surface area contributed by atoms with Crippen LogP contribution in [-0.4, -0.2) is 21.3 Å². The molecule has 0 bridgehead atoms. The Balaban J connectivity index is 1.87. The van der Waals surface area contributed by atoms with Crippen LogP contribution < -0.4 is 0 Å². The van der Waals surface area contributed by atoms with Crippen molar-refractivity contribution in [2.75, 3.05) is 6.61 Å². The predicted octanol–water partition coefficient (Wildman–Crippen LogP) is 3.66. The summed E-state index contributed by atoms with van der Waals surface area (Å²) in [4.78, 5) is 4.07. The minimum absolute atomic E-state index is 0.0646. The second-order valence-electron chi connectivity index (χ2n) is 5.17. The smallest absolute Gasteiger partial charge is 0.123 e. The molecule has 1 unspecified atom stereocenters. The SMILES string of the molecule is OCCC(c1ccc(-c2ccc(F)cc2)cc1)n1ccnc1. The van der Waals surface area contributed by atoms with Gasteiger partial charge in [-0.15, -0.1) is 0 Å². The van der Waals surface area contributed by atoms with E-state index in [0.717, 1.165) is 16.7 Å². The summed E-state index contributed by atoms with van der Waals surface area (Å²) in [7, 11) is 0. The summed E-state index contributed by atoms with van der Waals surface area (Å²) < 4.78 is 15.0. The zero-order valence-electron chi connectivity index (χ0n) is 12.1. The van der Waals surface area contributed by atoms with Crippen LogP contribution in [0.15, 0.2) is 67.3 Å². The third-order valence-electron chi connectivity index (χ3n) is 3.76. The van der Waals surface area contributed by atoms with Crippen LogP contribution in [0.2, 0.25) is 0 Å². The van der Waals surface area contributed by atoms with Crippen LogP contribution in [0.5, 0.6) is 0 Å². The highest BCUT2D eigenvalue weighted by Crippen LogP contribution is 2.25. The second-order valence-corrected chi connectivity index (χ2v) is 5.17. The zero-order valence-corrected chi connectivity index (χ0v) is 12.1. The monoisotopic (exact) mass is 296 g/mol. The van der Waals surface area contributed by atoms with Crippen molar-refractivity contribution < 1.29 is 9.50 Å². The van der Waals surface area contributed by atoms with Crippen LogP contribution >= 0.6 is 0 Å². The van der Waals surface area contributed by atoms with Gasteiger partial charge in [0.15, 0.2) is 0 Å². The molecule has 4 heteroatoms. The molecule has 22 heavy (non-hydrogen) atoms. The van der Waals surface area contributed by atoms with Crippen molar-refractivity contribution in [1.82, 2.24) is 9.55 Å². The number of aromatic nitrogens is 2. The topological polar surface area (TPSA) is 38.0 Å². The average molecular weight is 296 g/mol. The fraction of sp³-hybridized carbons (Fsp3) is 0.167. The molecule has 1 atom stereocenters. The molecular weight excluding hydrogens is 279 g/mol. The van der Waals surface area contributed by atoms with E-state index >= 15 is 0 Å². The average Bonchev–Trinajstić information content (AvgIpc) is 3.08. The van der Waals surface area contributed by atoms with Gasteiger partial charge >= 0.3 is 0 Å². The lowest BCUT2D eigenvalue weighted by atomic mass is 9.99. The molecule has 0 aliphatic carbocycles. The van der Waals surface area contributed by atoms with Gasteiger partial charge in [0, 0.05) is 19.0 Å². The Morgan fingerprint density at radius 2 is 1.64 bits per heavy atom. The van der Waals surface area contributed by atoms with Gasteiger partial charge in [-0.25, -0.2) is 9.37 Å². The van der Waals surface area contributed by atoms with E-state index in [4.69, 9.17) is 0 Å². The largest absolute Gasteiger partial charge is 0.396 e. The van der Waals surface area contributed by atoms with E-state index in [9.17, 15) is 9.50 Å². The molecule has 0 saturated carbocycles. The van der Waals surface area contributed by atoms with Crippen LogP contribution in [-0.2, 0) is 0 Å². The van der Waals surface area contributed by atoms with E-state index < -0.39 is 0 Å². The first-order chi connectivity index (χ1) is 10.8. The maximum absolute atomic E-state index is 13.0. The molecule has 2 aromatic carbocycles. The third kappa shape index (κ3) is 3.07.